The fourth-order valence-electron chi connectivity index (χ4n) is 5.36. The van der Waals surface area contributed by atoms with Crippen molar-refractivity contribution in [2.24, 2.45) is 0 Å². The number of pyridine rings is 1. The maximum Gasteiger partial charge on any atom is 0.204 e. The van der Waals surface area contributed by atoms with Gasteiger partial charge >= 0.3 is 0 Å². The molecule has 2 aromatic heterocycles. The second kappa shape index (κ2) is 11.9. The number of methoxy groups -OCH3 is 1. The van der Waals surface area contributed by atoms with Crippen LogP contribution in [-0.2, 0) is 19.6 Å². The van der Waals surface area contributed by atoms with E-state index in [4.69, 9.17) is 23.4 Å². The monoisotopic (exact) mass is 589 g/mol. The van der Waals surface area contributed by atoms with Crippen LogP contribution in [0.3, 0.4) is 0 Å². The van der Waals surface area contributed by atoms with E-state index in [1.54, 1.807) is 31.6 Å². The quantitative estimate of drug-likeness (QED) is 0.127. The van der Waals surface area contributed by atoms with E-state index in [2.05, 4.69) is 11.1 Å². The molecule has 0 bridgehead atoms. The number of nitrogens with zero attached hydrogens (tertiary/aromatic N) is 1. The molecule has 0 fully saturated rings. The summed E-state index contributed by atoms with van der Waals surface area (Å²) in [5.41, 5.74) is 4.44. The lowest BCUT2D eigenvalue weighted by atomic mass is 9.97. The first-order valence-electron chi connectivity index (χ1n) is 14.6. The first kappa shape index (κ1) is 29.1. The van der Waals surface area contributed by atoms with Crippen molar-refractivity contribution in [1.82, 2.24) is 4.98 Å². The van der Waals surface area contributed by atoms with Crippen LogP contribution in [0.15, 0.2) is 93.9 Å². The molecule has 0 unspecified atom stereocenters. The molecule has 0 spiro atoms. The van der Waals surface area contributed by atoms with Crippen LogP contribution in [-0.4, -0.2) is 17.7 Å². The number of benzene rings is 3. The Hall–Kier alpha value is -5.04. The molecule has 6 rings (SSSR count). The molecule has 0 saturated carbocycles. The summed E-state index contributed by atoms with van der Waals surface area (Å²) in [6.45, 7) is 8.56. The lowest BCUT2D eigenvalue weighted by molar-refractivity contribution is 0.158. The highest BCUT2D eigenvalue weighted by molar-refractivity contribution is 5.99. The number of rotatable bonds is 9. The third-order valence-electron chi connectivity index (χ3n) is 7.54. The van der Waals surface area contributed by atoms with E-state index in [0.29, 0.717) is 69.1 Å². The number of fused-ring (bicyclic) bond motifs is 3. The third-order valence-corrected chi connectivity index (χ3v) is 7.54. The Morgan fingerprint density at radius 2 is 1.61 bits per heavy atom. The predicted octanol–water partition coefficient (Wildman–Crippen LogP) is 8.20. The Bertz CT molecular complexity index is 1950. The summed E-state index contributed by atoms with van der Waals surface area (Å²) in [4.78, 5) is 18.7. The number of hydrogen-bond acceptors (Lipinski definition) is 7. The molecule has 3 aromatic carbocycles. The lowest BCUT2D eigenvalue weighted by Crippen LogP contribution is -2.27. The van der Waals surface area contributed by atoms with E-state index < -0.39 is 5.60 Å². The fourth-order valence-corrected chi connectivity index (χ4v) is 5.36. The number of ether oxygens (including phenoxy) is 4. The molecule has 0 N–H and O–H groups in total. The Kier molecular flexibility index (Phi) is 7.87. The minimum Gasteiger partial charge on any atom is -0.493 e. The molecule has 0 saturated heterocycles. The zero-order valence-electron chi connectivity index (χ0n) is 25.6. The summed E-state index contributed by atoms with van der Waals surface area (Å²) in [6, 6.07) is 17.2. The summed E-state index contributed by atoms with van der Waals surface area (Å²) in [5, 5.41) is 0.769. The van der Waals surface area contributed by atoms with Gasteiger partial charge in [0.25, 0.3) is 0 Å². The number of hydrogen-bond donors (Lipinski definition) is 0. The van der Waals surface area contributed by atoms with Crippen molar-refractivity contribution >= 4 is 28.0 Å². The van der Waals surface area contributed by atoms with Crippen molar-refractivity contribution in [3.8, 4) is 23.0 Å². The molecule has 0 aliphatic carbocycles. The van der Waals surface area contributed by atoms with Gasteiger partial charge in [0.15, 0.2) is 11.5 Å². The Balaban J connectivity index is 1.59. The molecule has 0 radical (unpaired) electrons. The highest BCUT2D eigenvalue weighted by atomic mass is 16.5. The van der Waals surface area contributed by atoms with Crippen LogP contribution < -0.4 is 24.4 Å². The molecule has 3 heterocycles. The van der Waals surface area contributed by atoms with Gasteiger partial charge in [-0.25, -0.2) is 0 Å². The molecule has 5 aromatic rings. The summed E-state index contributed by atoms with van der Waals surface area (Å²) < 4.78 is 31.5. The van der Waals surface area contributed by atoms with Gasteiger partial charge < -0.3 is 23.4 Å². The summed E-state index contributed by atoms with van der Waals surface area (Å²) in [6.07, 6.45) is 9.86. The minimum atomic E-state index is -0.538. The standard InChI is InChI=1S/C37H35NO6/c1-23(2)11-12-27-32-29(20-31(35(27)40-5)41-21-24-9-7-6-8-10-24)43-30-19-28-26(13-16-37(3,4)44-28)36(33(30)34(32)39)42-22-25-14-17-38-18-15-25/h6-11,13-20H,12,21-22H2,1-5H3. The van der Waals surface area contributed by atoms with Crippen molar-refractivity contribution < 1.29 is 23.4 Å². The maximum atomic E-state index is 14.6. The molecule has 0 amide bonds. The van der Waals surface area contributed by atoms with Crippen LogP contribution >= 0.6 is 0 Å². The third kappa shape index (κ3) is 5.78. The zero-order valence-corrected chi connectivity index (χ0v) is 25.6. The normalized spacial score (nSPS) is 13.3. The van der Waals surface area contributed by atoms with Gasteiger partial charge in [-0.15, -0.1) is 0 Å². The molecule has 224 valence electrons. The van der Waals surface area contributed by atoms with E-state index >= 15 is 0 Å². The Labute approximate surface area is 256 Å². The molecular weight excluding hydrogens is 554 g/mol. The number of aromatic nitrogens is 1. The van der Waals surface area contributed by atoms with E-state index in [0.717, 1.165) is 16.7 Å². The van der Waals surface area contributed by atoms with Gasteiger partial charge in [-0.3, -0.25) is 9.78 Å². The van der Waals surface area contributed by atoms with E-state index in [-0.39, 0.29) is 12.0 Å². The van der Waals surface area contributed by atoms with Crippen molar-refractivity contribution in [3.05, 3.63) is 117 Å². The van der Waals surface area contributed by atoms with Gasteiger partial charge in [0.05, 0.1) is 18.1 Å². The van der Waals surface area contributed by atoms with Crippen LogP contribution in [0.4, 0.5) is 0 Å². The van der Waals surface area contributed by atoms with Gasteiger partial charge in [0, 0.05) is 30.1 Å². The van der Waals surface area contributed by atoms with Gasteiger partial charge in [-0.1, -0.05) is 42.0 Å². The average molecular weight is 590 g/mol. The van der Waals surface area contributed by atoms with Gasteiger partial charge in [-0.2, -0.15) is 0 Å². The largest absolute Gasteiger partial charge is 0.493 e. The highest BCUT2D eigenvalue weighted by Gasteiger charge is 2.29. The average Bonchev–Trinajstić information content (AvgIpc) is 3.01. The summed E-state index contributed by atoms with van der Waals surface area (Å²) in [7, 11) is 1.59. The second-order valence-electron chi connectivity index (χ2n) is 11.6. The lowest BCUT2D eigenvalue weighted by Gasteiger charge is -2.29. The first-order chi connectivity index (χ1) is 21.2. The summed E-state index contributed by atoms with van der Waals surface area (Å²) >= 11 is 0. The minimum absolute atomic E-state index is 0.211. The van der Waals surface area contributed by atoms with Gasteiger partial charge in [0.2, 0.25) is 5.43 Å². The smallest absolute Gasteiger partial charge is 0.204 e. The molecule has 1 aliphatic heterocycles. The van der Waals surface area contributed by atoms with E-state index in [1.165, 1.54) is 0 Å². The molecule has 0 atom stereocenters. The fraction of sp³-hybridized carbons (Fsp3) is 0.243. The molecule has 7 nitrogen and oxygen atoms in total. The van der Waals surface area contributed by atoms with Crippen LogP contribution in [0.1, 0.15) is 49.9 Å². The Morgan fingerprint density at radius 1 is 0.909 bits per heavy atom. The maximum absolute atomic E-state index is 14.6. The van der Waals surface area contributed by atoms with Crippen molar-refractivity contribution in [2.45, 2.75) is 52.9 Å². The van der Waals surface area contributed by atoms with Crippen LogP contribution in [0.25, 0.3) is 28.0 Å². The van der Waals surface area contributed by atoms with Crippen LogP contribution in [0, 0.1) is 0 Å². The SMILES string of the molecule is COc1c(OCc2ccccc2)cc2oc3cc4c(c(OCc5ccncc5)c3c(=O)c2c1CC=C(C)C)C=CC(C)(C)O4. The van der Waals surface area contributed by atoms with Crippen LogP contribution in [0.2, 0.25) is 0 Å². The second-order valence-corrected chi connectivity index (χ2v) is 11.6. The van der Waals surface area contributed by atoms with Crippen LogP contribution in [0.5, 0.6) is 23.0 Å². The number of allylic oxidation sites excluding steroid dienone is 2. The summed E-state index contributed by atoms with van der Waals surface area (Å²) in [5.74, 6) is 1.99. The van der Waals surface area contributed by atoms with Crippen molar-refractivity contribution in [3.63, 3.8) is 0 Å². The zero-order chi connectivity index (χ0) is 30.8. The molecular formula is C37H35NO6. The molecule has 44 heavy (non-hydrogen) atoms. The Morgan fingerprint density at radius 3 is 2.34 bits per heavy atom. The van der Waals surface area contributed by atoms with Gasteiger partial charge in [-0.05, 0) is 69.5 Å². The first-order valence-corrected chi connectivity index (χ1v) is 14.6. The van der Waals surface area contributed by atoms with E-state index in [9.17, 15) is 4.79 Å². The predicted molar refractivity (Wildman–Crippen MR) is 173 cm³/mol. The topological polar surface area (TPSA) is 80.0 Å². The molecule has 7 heteroatoms. The van der Waals surface area contributed by atoms with Crippen molar-refractivity contribution in [2.75, 3.05) is 7.11 Å². The van der Waals surface area contributed by atoms with Crippen molar-refractivity contribution in [1.29, 1.82) is 0 Å². The highest BCUT2D eigenvalue weighted by Crippen LogP contribution is 2.44. The molecule has 1 aliphatic rings. The van der Waals surface area contributed by atoms with Gasteiger partial charge in [0.1, 0.15) is 46.9 Å². The van der Waals surface area contributed by atoms with E-state index in [1.807, 2.05) is 82.3 Å².